The lowest BCUT2D eigenvalue weighted by atomic mass is 10.2. The first-order chi connectivity index (χ1) is 9.58. The highest BCUT2D eigenvalue weighted by molar-refractivity contribution is 5.61. The topological polar surface area (TPSA) is 47.3 Å². The Morgan fingerprint density at radius 1 is 1.15 bits per heavy atom. The van der Waals surface area contributed by atoms with Gasteiger partial charge in [0.2, 0.25) is 0 Å². The number of nitrogens with two attached hydrogens (primary N) is 1. The van der Waals surface area contributed by atoms with Gasteiger partial charge in [0.15, 0.2) is 0 Å². The number of anilines is 2. The third-order valence-corrected chi connectivity index (χ3v) is 2.77. The van der Waals surface area contributed by atoms with Crippen molar-refractivity contribution in [2.75, 3.05) is 5.32 Å². The average molecular weight is 274 g/mol. The molecule has 20 heavy (non-hydrogen) atoms. The van der Waals surface area contributed by atoms with Crippen LogP contribution in [0.4, 0.5) is 15.8 Å². The van der Waals surface area contributed by atoms with Gasteiger partial charge in [0, 0.05) is 12.2 Å². The van der Waals surface area contributed by atoms with Crippen molar-refractivity contribution in [1.82, 2.24) is 0 Å². The molecule has 0 fully saturated rings. The quantitative estimate of drug-likeness (QED) is 0.871. The van der Waals surface area contributed by atoms with Gasteiger partial charge in [-0.25, -0.2) is 4.39 Å². The lowest BCUT2D eigenvalue weighted by Gasteiger charge is -2.12. The van der Waals surface area contributed by atoms with Crippen LogP contribution in [0, 0.1) is 5.82 Å². The van der Waals surface area contributed by atoms with Crippen molar-refractivity contribution in [3.05, 3.63) is 53.8 Å². The molecule has 0 saturated heterocycles. The van der Waals surface area contributed by atoms with Gasteiger partial charge in [-0.2, -0.15) is 0 Å². The molecule has 0 atom stereocenters. The van der Waals surface area contributed by atoms with E-state index in [9.17, 15) is 4.39 Å². The molecule has 0 aliphatic rings. The first kappa shape index (κ1) is 14.3. The monoisotopic (exact) mass is 274 g/mol. The summed E-state index contributed by atoms with van der Waals surface area (Å²) in [5, 5.41) is 3.03. The molecule has 0 spiro atoms. The molecule has 0 aliphatic carbocycles. The van der Waals surface area contributed by atoms with E-state index >= 15 is 0 Å². The van der Waals surface area contributed by atoms with Crippen LogP contribution < -0.4 is 15.8 Å². The van der Waals surface area contributed by atoms with Crippen LogP contribution >= 0.6 is 0 Å². The molecule has 0 amide bonds. The fourth-order valence-electron chi connectivity index (χ4n) is 1.83. The van der Waals surface area contributed by atoms with Crippen LogP contribution in [-0.4, -0.2) is 6.10 Å². The summed E-state index contributed by atoms with van der Waals surface area (Å²) in [7, 11) is 0. The Hall–Kier alpha value is -2.07. The minimum absolute atomic E-state index is 0.134. The first-order valence-electron chi connectivity index (χ1n) is 6.60. The van der Waals surface area contributed by atoms with Crippen molar-refractivity contribution >= 4 is 11.4 Å². The van der Waals surface area contributed by atoms with Crippen LogP contribution in [0.1, 0.15) is 19.4 Å². The van der Waals surface area contributed by atoms with Crippen molar-refractivity contribution in [3.8, 4) is 5.75 Å². The molecule has 4 heteroatoms. The molecule has 0 aromatic heterocycles. The minimum atomic E-state index is -0.310. The third kappa shape index (κ3) is 3.71. The Kier molecular flexibility index (Phi) is 4.58. The molecule has 0 bridgehead atoms. The average Bonchev–Trinajstić information content (AvgIpc) is 2.42. The van der Waals surface area contributed by atoms with E-state index in [0.29, 0.717) is 12.2 Å². The van der Waals surface area contributed by atoms with Gasteiger partial charge in [-0.3, -0.25) is 0 Å². The van der Waals surface area contributed by atoms with E-state index in [-0.39, 0.29) is 11.9 Å². The molecule has 2 rings (SSSR count). The molecular formula is C16H19FN2O. The van der Waals surface area contributed by atoms with E-state index < -0.39 is 0 Å². The second-order valence-corrected chi connectivity index (χ2v) is 4.83. The van der Waals surface area contributed by atoms with E-state index in [1.54, 1.807) is 6.07 Å². The molecule has 0 saturated carbocycles. The molecule has 2 aromatic carbocycles. The van der Waals surface area contributed by atoms with Gasteiger partial charge in [0.25, 0.3) is 0 Å². The Morgan fingerprint density at radius 2 is 1.85 bits per heavy atom. The van der Waals surface area contributed by atoms with Gasteiger partial charge in [0.05, 0.1) is 11.8 Å². The van der Waals surface area contributed by atoms with E-state index in [1.807, 2.05) is 44.2 Å². The van der Waals surface area contributed by atoms with Crippen molar-refractivity contribution in [3.63, 3.8) is 0 Å². The molecule has 3 N–H and O–H groups in total. The summed E-state index contributed by atoms with van der Waals surface area (Å²) in [6.45, 7) is 4.28. The van der Waals surface area contributed by atoms with Gasteiger partial charge in [-0.05, 0) is 55.8 Å². The zero-order valence-corrected chi connectivity index (χ0v) is 11.7. The van der Waals surface area contributed by atoms with Crippen LogP contribution in [0.5, 0.6) is 5.75 Å². The van der Waals surface area contributed by atoms with Gasteiger partial charge < -0.3 is 15.8 Å². The van der Waals surface area contributed by atoms with Crippen molar-refractivity contribution < 1.29 is 9.13 Å². The van der Waals surface area contributed by atoms with E-state index in [1.165, 1.54) is 6.07 Å². The summed E-state index contributed by atoms with van der Waals surface area (Å²) in [6, 6.07) is 12.4. The van der Waals surface area contributed by atoms with Crippen molar-refractivity contribution in [2.24, 2.45) is 5.73 Å². The van der Waals surface area contributed by atoms with Gasteiger partial charge in [-0.15, -0.1) is 0 Å². The zero-order chi connectivity index (χ0) is 14.5. The number of hydrogen-bond donors (Lipinski definition) is 2. The lowest BCUT2D eigenvalue weighted by Crippen LogP contribution is -2.05. The van der Waals surface area contributed by atoms with Crippen molar-refractivity contribution in [1.29, 1.82) is 0 Å². The Balaban J connectivity index is 2.10. The number of benzene rings is 2. The van der Waals surface area contributed by atoms with Crippen LogP contribution in [0.25, 0.3) is 0 Å². The molecule has 106 valence electrons. The second kappa shape index (κ2) is 6.39. The SMILES string of the molecule is CC(C)Oc1ccc(Nc2ccc(CN)cc2F)cc1. The Bertz CT molecular complexity index is 567. The summed E-state index contributed by atoms with van der Waals surface area (Å²) >= 11 is 0. The minimum Gasteiger partial charge on any atom is -0.491 e. The molecule has 0 aliphatic heterocycles. The second-order valence-electron chi connectivity index (χ2n) is 4.83. The fraction of sp³-hybridized carbons (Fsp3) is 0.250. The van der Waals surface area contributed by atoms with E-state index in [0.717, 1.165) is 17.0 Å². The highest BCUT2D eigenvalue weighted by Crippen LogP contribution is 2.23. The third-order valence-electron chi connectivity index (χ3n) is 2.77. The number of nitrogens with one attached hydrogen (secondary N) is 1. The number of rotatable bonds is 5. The van der Waals surface area contributed by atoms with Crippen molar-refractivity contribution in [2.45, 2.75) is 26.5 Å². The molecular weight excluding hydrogens is 255 g/mol. The molecule has 0 radical (unpaired) electrons. The summed E-state index contributed by atoms with van der Waals surface area (Å²) in [4.78, 5) is 0. The maximum absolute atomic E-state index is 13.8. The molecule has 3 nitrogen and oxygen atoms in total. The summed E-state index contributed by atoms with van der Waals surface area (Å²) in [6.07, 6.45) is 0.134. The van der Waals surface area contributed by atoms with Crippen LogP contribution in [-0.2, 0) is 6.54 Å². The highest BCUT2D eigenvalue weighted by atomic mass is 19.1. The van der Waals surface area contributed by atoms with Gasteiger partial charge in [-0.1, -0.05) is 6.07 Å². The summed E-state index contributed by atoms with van der Waals surface area (Å²) in [5.74, 6) is 0.486. The maximum Gasteiger partial charge on any atom is 0.146 e. The predicted molar refractivity (Wildman–Crippen MR) is 79.8 cm³/mol. The standard InChI is InChI=1S/C16H19FN2O/c1-11(2)20-14-6-4-13(5-7-14)19-16-8-3-12(10-18)9-15(16)17/h3-9,11,19H,10,18H2,1-2H3. The molecule has 0 unspecified atom stereocenters. The van der Waals surface area contributed by atoms with E-state index in [4.69, 9.17) is 10.5 Å². The lowest BCUT2D eigenvalue weighted by molar-refractivity contribution is 0.242. The number of halogens is 1. The summed E-state index contributed by atoms with van der Waals surface area (Å²) in [5.41, 5.74) is 7.48. The van der Waals surface area contributed by atoms with Crippen LogP contribution in [0.3, 0.4) is 0 Å². The normalized spacial score (nSPS) is 10.7. The van der Waals surface area contributed by atoms with Gasteiger partial charge >= 0.3 is 0 Å². The van der Waals surface area contributed by atoms with E-state index in [2.05, 4.69) is 5.32 Å². The Morgan fingerprint density at radius 3 is 2.40 bits per heavy atom. The predicted octanol–water partition coefficient (Wildman–Crippen LogP) is 3.82. The Labute approximate surface area is 118 Å². The first-order valence-corrected chi connectivity index (χ1v) is 6.60. The fourth-order valence-corrected chi connectivity index (χ4v) is 1.83. The van der Waals surface area contributed by atoms with Crippen LogP contribution in [0.15, 0.2) is 42.5 Å². The molecule has 0 heterocycles. The van der Waals surface area contributed by atoms with Crippen LogP contribution in [0.2, 0.25) is 0 Å². The number of hydrogen-bond acceptors (Lipinski definition) is 3. The zero-order valence-electron chi connectivity index (χ0n) is 11.7. The molecule has 2 aromatic rings. The number of ether oxygens (including phenoxy) is 1. The van der Waals surface area contributed by atoms with Gasteiger partial charge in [0.1, 0.15) is 11.6 Å². The smallest absolute Gasteiger partial charge is 0.146 e. The summed E-state index contributed by atoms with van der Waals surface area (Å²) < 4.78 is 19.4. The largest absolute Gasteiger partial charge is 0.491 e. The maximum atomic E-state index is 13.8. The highest BCUT2D eigenvalue weighted by Gasteiger charge is 2.04.